The molecule has 4 nitrogen and oxygen atoms in total. The van der Waals surface area contributed by atoms with Crippen LogP contribution in [0.15, 0.2) is 17.0 Å². The highest BCUT2D eigenvalue weighted by Gasteiger charge is 2.30. The van der Waals surface area contributed by atoms with Crippen molar-refractivity contribution in [3.05, 3.63) is 26.2 Å². The van der Waals surface area contributed by atoms with Crippen LogP contribution in [0.2, 0.25) is 0 Å². The van der Waals surface area contributed by atoms with Crippen LogP contribution in [0.3, 0.4) is 0 Å². The summed E-state index contributed by atoms with van der Waals surface area (Å²) in [7, 11) is 1.49. The zero-order chi connectivity index (χ0) is 14.9. The highest BCUT2D eigenvalue weighted by Crippen LogP contribution is 2.36. The molecule has 106 valence electrons. The smallest absolute Gasteiger partial charge is 0.266 e. The van der Waals surface area contributed by atoms with Crippen LogP contribution in [0, 0.1) is 3.57 Å². The maximum absolute atomic E-state index is 12.1. The van der Waals surface area contributed by atoms with Crippen LogP contribution in [0.5, 0.6) is 11.5 Å². The molecule has 1 aromatic rings. The first-order valence-corrected chi connectivity index (χ1v) is 8.10. The first-order valence-electron chi connectivity index (χ1n) is 5.79. The molecule has 1 aliphatic rings. The number of phenolic OH excluding ortho intramolecular Hbond substituents is 1. The molecule has 7 heteroatoms. The molecule has 0 aliphatic carbocycles. The van der Waals surface area contributed by atoms with E-state index in [1.54, 1.807) is 23.1 Å². The van der Waals surface area contributed by atoms with Crippen molar-refractivity contribution in [2.24, 2.45) is 0 Å². The standard InChI is InChI=1S/C13H12INO3S2/c1-3-15-12(17)10(20-13(15)19)6-7-4-8(14)11(16)9(5-7)18-2/h4-6,16H,3H2,1-2H3. The molecule has 0 unspecified atom stereocenters. The number of carbonyl (C=O) groups is 1. The number of nitrogens with zero attached hydrogens (tertiary/aromatic N) is 1. The van der Waals surface area contributed by atoms with Gasteiger partial charge in [0.15, 0.2) is 11.5 Å². The Bertz CT molecular complexity index is 616. The minimum atomic E-state index is -0.0791. The average Bonchev–Trinajstić information content (AvgIpc) is 2.68. The van der Waals surface area contributed by atoms with Gasteiger partial charge in [-0.3, -0.25) is 9.69 Å². The molecule has 1 fully saturated rings. The Morgan fingerprint density at radius 1 is 1.55 bits per heavy atom. The van der Waals surface area contributed by atoms with Crippen molar-refractivity contribution in [2.75, 3.05) is 13.7 Å². The lowest BCUT2D eigenvalue weighted by atomic mass is 10.2. The maximum atomic E-state index is 12.1. The zero-order valence-electron chi connectivity index (χ0n) is 10.8. The van der Waals surface area contributed by atoms with Crippen LogP contribution in [-0.4, -0.2) is 33.9 Å². The lowest BCUT2D eigenvalue weighted by Crippen LogP contribution is -2.27. The summed E-state index contributed by atoms with van der Waals surface area (Å²) in [4.78, 5) is 14.3. The Morgan fingerprint density at radius 2 is 2.25 bits per heavy atom. The number of ether oxygens (including phenoxy) is 1. The molecule has 2 rings (SSSR count). The Morgan fingerprint density at radius 3 is 2.80 bits per heavy atom. The molecule has 0 radical (unpaired) electrons. The zero-order valence-corrected chi connectivity index (χ0v) is 14.6. The van der Waals surface area contributed by atoms with Gasteiger partial charge in [0.2, 0.25) is 0 Å². The van der Waals surface area contributed by atoms with Gasteiger partial charge in [0.05, 0.1) is 15.6 Å². The Labute approximate surface area is 140 Å². The van der Waals surface area contributed by atoms with Gasteiger partial charge in [-0.25, -0.2) is 0 Å². The second-order valence-electron chi connectivity index (χ2n) is 3.98. The normalized spacial score (nSPS) is 17.1. The van der Waals surface area contributed by atoms with Gasteiger partial charge in [0.25, 0.3) is 5.91 Å². The number of thiocarbonyl (C=S) groups is 1. The molecular formula is C13H12INO3S2. The van der Waals surface area contributed by atoms with Crippen LogP contribution >= 0.6 is 46.6 Å². The summed E-state index contributed by atoms with van der Waals surface area (Å²) in [5, 5.41) is 9.80. The fraction of sp³-hybridized carbons (Fsp3) is 0.231. The van der Waals surface area contributed by atoms with E-state index in [-0.39, 0.29) is 11.7 Å². The predicted molar refractivity (Wildman–Crippen MR) is 92.9 cm³/mol. The van der Waals surface area contributed by atoms with Crippen molar-refractivity contribution in [1.82, 2.24) is 4.90 Å². The highest BCUT2D eigenvalue weighted by molar-refractivity contribution is 14.1. The molecule has 0 atom stereocenters. The van der Waals surface area contributed by atoms with E-state index in [0.29, 0.717) is 25.1 Å². The number of methoxy groups -OCH3 is 1. The molecule has 1 aliphatic heterocycles. The van der Waals surface area contributed by atoms with E-state index in [9.17, 15) is 9.90 Å². The lowest BCUT2D eigenvalue weighted by molar-refractivity contribution is -0.121. The number of carbonyl (C=O) groups excluding carboxylic acids is 1. The van der Waals surface area contributed by atoms with Crippen molar-refractivity contribution < 1.29 is 14.6 Å². The monoisotopic (exact) mass is 421 g/mol. The molecule has 0 spiro atoms. The van der Waals surface area contributed by atoms with Gasteiger partial charge in [0.1, 0.15) is 4.32 Å². The predicted octanol–water partition coefficient (Wildman–Crippen LogP) is 3.23. The van der Waals surface area contributed by atoms with Gasteiger partial charge < -0.3 is 9.84 Å². The Balaban J connectivity index is 2.39. The number of rotatable bonds is 3. The van der Waals surface area contributed by atoms with Gasteiger partial charge in [-0.05, 0) is 53.3 Å². The van der Waals surface area contributed by atoms with E-state index in [0.717, 1.165) is 5.56 Å². The minimum Gasteiger partial charge on any atom is -0.504 e. The largest absolute Gasteiger partial charge is 0.504 e. The van der Waals surface area contributed by atoms with E-state index in [1.807, 2.05) is 29.5 Å². The minimum absolute atomic E-state index is 0.0791. The third-order valence-corrected chi connectivity index (χ3v) is 4.96. The number of hydrogen-bond donors (Lipinski definition) is 1. The summed E-state index contributed by atoms with van der Waals surface area (Å²) < 4.78 is 6.35. The number of hydrogen-bond acceptors (Lipinski definition) is 5. The molecule has 1 heterocycles. The quantitative estimate of drug-likeness (QED) is 0.462. The molecular weight excluding hydrogens is 409 g/mol. The van der Waals surface area contributed by atoms with Gasteiger partial charge in [-0.1, -0.05) is 24.0 Å². The first kappa shape index (κ1) is 15.6. The van der Waals surface area contributed by atoms with E-state index < -0.39 is 0 Å². The van der Waals surface area contributed by atoms with Gasteiger partial charge >= 0.3 is 0 Å². The number of phenols is 1. The molecule has 20 heavy (non-hydrogen) atoms. The molecule has 1 amide bonds. The topological polar surface area (TPSA) is 49.8 Å². The summed E-state index contributed by atoms with van der Waals surface area (Å²) in [6, 6.07) is 3.48. The fourth-order valence-corrected chi connectivity index (χ4v) is 3.77. The van der Waals surface area contributed by atoms with E-state index in [4.69, 9.17) is 17.0 Å². The summed E-state index contributed by atoms with van der Waals surface area (Å²) >= 11 is 8.47. The Kier molecular flexibility index (Phi) is 4.92. The summed E-state index contributed by atoms with van der Waals surface area (Å²) in [6.07, 6.45) is 1.76. The molecule has 0 aromatic heterocycles. The number of halogens is 1. The van der Waals surface area contributed by atoms with E-state index in [1.165, 1.54) is 18.9 Å². The van der Waals surface area contributed by atoms with Gasteiger partial charge in [-0.2, -0.15) is 0 Å². The molecule has 1 N–H and O–H groups in total. The fourth-order valence-electron chi connectivity index (χ4n) is 1.76. The summed E-state index contributed by atoms with van der Waals surface area (Å²) in [5.74, 6) is 0.407. The van der Waals surface area contributed by atoms with Gasteiger partial charge in [0, 0.05) is 6.54 Å². The Hall–Kier alpha value is -0.800. The van der Waals surface area contributed by atoms with E-state index in [2.05, 4.69) is 0 Å². The van der Waals surface area contributed by atoms with Crippen LogP contribution in [0.25, 0.3) is 6.08 Å². The lowest BCUT2D eigenvalue weighted by Gasteiger charge is -2.09. The first-order chi connectivity index (χ1) is 9.47. The molecule has 1 aromatic carbocycles. The second-order valence-corrected chi connectivity index (χ2v) is 6.82. The highest BCUT2D eigenvalue weighted by atomic mass is 127. The number of benzene rings is 1. The second kappa shape index (κ2) is 6.31. The van der Waals surface area contributed by atoms with Crippen LogP contribution < -0.4 is 4.74 Å². The van der Waals surface area contributed by atoms with Crippen LogP contribution in [0.4, 0.5) is 0 Å². The van der Waals surface area contributed by atoms with Crippen molar-refractivity contribution >= 4 is 62.9 Å². The number of thioether (sulfide) groups is 1. The van der Waals surface area contributed by atoms with Crippen molar-refractivity contribution in [1.29, 1.82) is 0 Å². The summed E-state index contributed by atoms with van der Waals surface area (Å²) in [6.45, 7) is 2.46. The number of likely N-dealkylation sites (N-methyl/N-ethyl adjacent to an activating group) is 1. The van der Waals surface area contributed by atoms with Gasteiger partial charge in [-0.15, -0.1) is 0 Å². The number of amides is 1. The summed E-state index contributed by atoms with van der Waals surface area (Å²) in [5.41, 5.74) is 0.792. The van der Waals surface area contributed by atoms with Crippen LogP contribution in [-0.2, 0) is 4.79 Å². The van der Waals surface area contributed by atoms with E-state index >= 15 is 0 Å². The third-order valence-electron chi connectivity index (χ3n) is 2.76. The van der Waals surface area contributed by atoms with Crippen LogP contribution in [0.1, 0.15) is 12.5 Å². The third kappa shape index (κ3) is 2.94. The van der Waals surface area contributed by atoms with Crippen molar-refractivity contribution in [2.45, 2.75) is 6.92 Å². The number of aromatic hydroxyl groups is 1. The van der Waals surface area contributed by atoms with Crippen molar-refractivity contribution in [3.8, 4) is 11.5 Å². The molecule has 0 saturated carbocycles. The molecule has 1 saturated heterocycles. The SMILES string of the molecule is CCN1C(=O)C(=Cc2cc(I)c(O)c(OC)c2)SC1=S. The van der Waals surface area contributed by atoms with Crippen molar-refractivity contribution in [3.63, 3.8) is 0 Å². The average molecular weight is 421 g/mol. The molecule has 0 bridgehead atoms. The maximum Gasteiger partial charge on any atom is 0.266 e.